The van der Waals surface area contributed by atoms with Gasteiger partial charge in [0.25, 0.3) is 0 Å². The number of carbonyl (C=O) groups is 1. The predicted octanol–water partition coefficient (Wildman–Crippen LogP) is 2.11. The zero-order valence-electron chi connectivity index (χ0n) is 10.4. The quantitative estimate of drug-likeness (QED) is 0.765. The molecule has 0 aliphatic rings. The molecule has 1 aromatic rings. The molecule has 0 aliphatic carbocycles. The molecule has 0 saturated carbocycles. The standard InChI is InChI=1S/C14H19NO2/c1-12-5-3-6-13(11-12)8-10-15(2)9-4-7-14(16)17/h3-7,11H,8-10H2,1-2H3,(H,16,17)/b7-4+. The molecule has 0 atom stereocenters. The van der Waals surface area contributed by atoms with Crippen molar-refractivity contribution in [2.24, 2.45) is 0 Å². The molecule has 0 amide bonds. The Kier molecular flexibility index (Phi) is 5.43. The molecule has 0 aromatic heterocycles. The summed E-state index contributed by atoms with van der Waals surface area (Å²) in [5, 5.41) is 8.46. The number of likely N-dealkylation sites (N-methyl/N-ethyl adjacent to an activating group) is 1. The molecule has 0 spiro atoms. The molecule has 0 aliphatic heterocycles. The number of benzene rings is 1. The fraction of sp³-hybridized carbons (Fsp3) is 0.357. The molecule has 3 heteroatoms. The van der Waals surface area contributed by atoms with Crippen LogP contribution in [0.15, 0.2) is 36.4 Å². The number of carboxylic acid groups (broad SMARTS) is 1. The first-order chi connectivity index (χ1) is 8.08. The van der Waals surface area contributed by atoms with Gasteiger partial charge in [-0.05, 0) is 26.0 Å². The number of aryl methyl sites for hydroxylation is 1. The summed E-state index contributed by atoms with van der Waals surface area (Å²) in [6, 6.07) is 8.45. The minimum atomic E-state index is -0.892. The molecule has 0 saturated heterocycles. The van der Waals surface area contributed by atoms with Crippen LogP contribution in [-0.2, 0) is 11.2 Å². The molecule has 0 radical (unpaired) electrons. The molecule has 17 heavy (non-hydrogen) atoms. The second-order valence-corrected chi connectivity index (χ2v) is 4.24. The van der Waals surface area contributed by atoms with E-state index in [0.717, 1.165) is 13.0 Å². The summed E-state index contributed by atoms with van der Waals surface area (Å²) >= 11 is 0. The van der Waals surface area contributed by atoms with Crippen LogP contribution in [0.25, 0.3) is 0 Å². The normalized spacial score (nSPS) is 11.2. The lowest BCUT2D eigenvalue weighted by Gasteiger charge is -2.14. The minimum Gasteiger partial charge on any atom is -0.478 e. The third-order valence-corrected chi connectivity index (χ3v) is 2.54. The number of carboxylic acids is 1. The van der Waals surface area contributed by atoms with E-state index < -0.39 is 5.97 Å². The van der Waals surface area contributed by atoms with Crippen LogP contribution in [0, 0.1) is 6.92 Å². The average molecular weight is 233 g/mol. The third kappa shape index (κ3) is 5.88. The molecule has 3 nitrogen and oxygen atoms in total. The zero-order valence-corrected chi connectivity index (χ0v) is 10.4. The van der Waals surface area contributed by atoms with E-state index in [2.05, 4.69) is 36.1 Å². The largest absolute Gasteiger partial charge is 0.478 e. The van der Waals surface area contributed by atoms with Crippen molar-refractivity contribution in [2.45, 2.75) is 13.3 Å². The summed E-state index contributed by atoms with van der Waals surface area (Å²) in [6.07, 6.45) is 3.83. The van der Waals surface area contributed by atoms with E-state index in [1.54, 1.807) is 6.08 Å². The van der Waals surface area contributed by atoms with Gasteiger partial charge in [-0.25, -0.2) is 4.79 Å². The summed E-state index contributed by atoms with van der Waals surface area (Å²) in [5.41, 5.74) is 2.59. The molecule has 1 aromatic carbocycles. The van der Waals surface area contributed by atoms with Crippen LogP contribution in [0.2, 0.25) is 0 Å². The lowest BCUT2D eigenvalue weighted by molar-refractivity contribution is -0.131. The minimum absolute atomic E-state index is 0.665. The van der Waals surface area contributed by atoms with Gasteiger partial charge in [-0.2, -0.15) is 0 Å². The highest BCUT2D eigenvalue weighted by atomic mass is 16.4. The molecule has 0 unspecified atom stereocenters. The molecule has 0 heterocycles. The fourth-order valence-corrected chi connectivity index (χ4v) is 1.61. The van der Waals surface area contributed by atoms with Crippen molar-refractivity contribution in [3.63, 3.8) is 0 Å². The van der Waals surface area contributed by atoms with E-state index in [0.29, 0.717) is 6.54 Å². The second-order valence-electron chi connectivity index (χ2n) is 4.24. The van der Waals surface area contributed by atoms with Gasteiger partial charge in [-0.15, -0.1) is 0 Å². The van der Waals surface area contributed by atoms with Crippen LogP contribution in [0.1, 0.15) is 11.1 Å². The Morgan fingerprint density at radius 1 is 1.47 bits per heavy atom. The smallest absolute Gasteiger partial charge is 0.328 e. The topological polar surface area (TPSA) is 40.5 Å². The summed E-state index contributed by atoms with van der Waals surface area (Å²) in [7, 11) is 1.99. The number of nitrogens with zero attached hydrogens (tertiary/aromatic N) is 1. The lowest BCUT2D eigenvalue weighted by Crippen LogP contribution is -2.21. The Labute approximate surface area is 102 Å². The van der Waals surface area contributed by atoms with E-state index >= 15 is 0 Å². The highest BCUT2D eigenvalue weighted by molar-refractivity contribution is 5.79. The van der Waals surface area contributed by atoms with Crippen LogP contribution in [-0.4, -0.2) is 36.1 Å². The second kappa shape index (κ2) is 6.86. The Balaban J connectivity index is 2.33. The highest BCUT2D eigenvalue weighted by Crippen LogP contribution is 2.05. The third-order valence-electron chi connectivity index (χ3n) is 2.54. The molecule has 0 bridgehead atoms. The van der Waals surface area contributed by atoms with E-state index in [4.69, 9.17) is 5.11 Å². The first kappa shape index (κ1) is 13.5. The zero-order chi connectivity index (χ0) is 12.7. The monoisotopic (exact) mass is 233 g/mol. The Bertz CT molecular complexity index is 399. The number of hydrogen-bond donors (Lipinski definition) is 1. The molecule has 0 fully saturated rings. The molecule has 1 rings (SSSR count). The van der Waals surface area contributed by atoms with Crippen molar-refractivity contribution >= 4 is 5.97 Å². The average Bonchev–Trinajstić information content (AvgIpc) is 2.26. The van der Waals surface area contributed by atoms with E-state index in [1.165, 1.54) is 17.2 Å². The number of aliphatic carboxylic acids is 1. The Morgan fingerprint density at radius 3 is 2.88 bits per heavy atom. The van der Waals surface area contributed by atoms with Crippen LogP contribution >= 0.6 is 0 Å². The maximum atomic E-state index is 10.3. The van der Waals surface area contributed by atoms with Gasteiger partial charge >= 0.3 is 5.97 Å². The Hall–Kier alpha value is -1.61. The van der Waals surface area contributed by atoms with E-state index in [9.17, 15) is 4.79 Å². The van der Waals surface area contributed by atoms with Crippen LogP contribution in [0.3, 0.4) is 0 Å². The van der Waals surface area contributed by atoms with Gasteiger partial charge in [-0.3, -0.25) is 0 Å². The molecular formula is C14H19NO2. The maximum absolute atomic E-state index is 10.3. The van der Waals surface area contributed by atoms with Crippen molar-refractivity contribution < 1.29 is 9.90 Å². The van der Waals surface area contributed by atoms with Gasteiger partial charge < -0.3 is 10.0 Å². The molecular weight excluding hydrogens is 214 g/mol. The van der Waals surface area contributed by atoms with Gasteiger partial charge in [0, 0.05) is 19.2 Å². The number of hydrogen-bond acceptors (Lipinski definition) is 2. The SMILES string of the molecule is Cc1cccc(CCN(C)C/C=C/C(=O)O)c1. The number of rotatable bonds is 6. The van der Waals surface area contributed by atoms with Gasteiger partial charge in [-0.1, -0.05) is 35.9 Å². The predicted molar refractivity (Wildman–Crippen MR) is 69.2 cm³/mol. The summed E-state index contributed by atoms with van der Waals surface area (Å²) in [4.78, 5) is 12.4. The van der Waals surface area contributed by atoms with Crippen molar-refractivity contribution in [1.82, 2.24) is 4.90 Å². The van der Waals surface area contributed by atoms with Crippen molar-refractivity contribution in [3.05, 3.63) is 47.5 Å². The molecule has 92 valence electrons. The summed E-state index contributed by atoms with van der Waals surface area (Å²) in [6.45, 7) is 3.67. The molecule has 1 N–H and O–H groups in total. The Morgan fingerprint density at radius 2 is 2.24 bits per heavy atom. The van der Waals surface area contributed by atoms with Gasteiger partial charge in [0.2, 0.25) is 0 Å². The van der Waals surface area contributed by atoms with Crippen LogP contribution in [0.4, 0.5) is 0 Å². The maximum Gasteiger partial charge on any atom is 0.328 e. The lowest BCUT2D eigenvalue weighted by atomic mass is 10.1. The first-order valence-corrected chi connectivity index (χ1v) is 5.71. The first-order valence-electron chi connectivity index (χ1n) is 5.71. The van der Waals surface area contributed by atoms with Gasteiger partial charge in [0.15, 0.2) is 0 Å². The van der Waals surface area contributed by atoms with Gasteiger partial charge in [0.05, 0.1) is 0 Å². The van der Waals surface area contributed by atoms with Crippen molar-refractivity contribution in [3.8, 4) is 0 Å². The van der Waals surface area contributed by atoms with Gasteiger partial charge in [0.1, 0.15) is 0 Å². The van der Waals surface area contributed by atoms with E-state index in [-0.39, 0.29) is 0 Å². The van der Waals surface area contributed by atoms with Crippen molar-refractivity contribution in [2.75, 3.05) is 20.1 Å². The van der Waals surface area contributed by atoms with Crippen molar-refractivity contribution in [1.29, 1.82) is 0 Å². The summed E-state index contributed by atoms with van der Waals surface area (Å²) in [5.74, 6) is -0.892. The highest BCUT2D eigenvalue weighted by Gasteiger charge is 1.98. The van der Waals surface area contributed by atoms with E-state index in [1.807, 2.05) is 7.05 Å². The fourth-order valence-electron chi connectivity index (χ4n) is 1.61. The van der Waals surface area contributed by atoms with Crippen LogP contribution < -0.4 is 0 Å². The summed E-state index contributed by atoms with van der Waals surface area (Å²) < 4.78 is 0. The van der Waals surface area contributed by atoms with Crippen LogP contribution in [0.5, 0.6) is 0 Å².